The van der Waals surface area contributed by atoms with E-state index in [0.717, 1.165) is 33.9 Å². The molecule has 0 saturated carbocycles. The Hall–Kier alpha value is -3.32. The van der Waals surface area contributed by atoms with E-state index in [9.17, 15) is 9.59 Å². The highest BCUT2D eigenvalue weighted by Crippen LogP contribution is 2.25. The largest absolute Gasteiger partial charge is 0.442 e. The molecule has 0 aliphatic carbocycles. The minimum Gasteiger partial charge on any atom is -0.325 e. The van der Waals surface area contributed by atoms with Crippen LogP contribution >= 0.6 is 11.8 Å². The number of para-hydroxylation sites is 1. The molecule has 0 radical (unpaired) electrons. The molecule has 7 heteroatoms. The molecule has 0 aliphatic heterocycles. The quantitative estimate of drug-likeness (QED) is 0.402. The highest BCUT2D eigenvalue weighted by Gasteiger charge is 2.29. The van der Waals surface area contributed by atoms with E-state index in [1.54, 1.807) is 6.92 Å². The number of aromatic amines is 1. The van der Waals surface area contributed by atoms with Crippen LogP contribution in [-0.2, 0) is 4.79 Å². The Morgan fingerprint density at radius 2 is 1.75 bits per heavy atom. The summed E-state index contributed by atoms with van der Waals surface area (Å²) in [6.45, 7) is 1.76. The van der Waals surface area contributed by atoms with Crippen LogP contribution in [0.25, 0.3) is 16.5 Å². The first-order valence-corrected chi connectivity index (χ1v) is 9.65. The molecule has 6 nitrogen and oxygen atoms in total. The number of nitrogens with one attached hydrogen (secondary N) is 2. The average molecular weight is 392 g/mol. The number of nitrogens with zero attached hydrogens (tertiary/aromatic N) is 1. The van der Waals surface area contributed by atoms with Gasteiger partial charge < -0.3 is 5.32 Å². The number of amides is 1. The van der Waals surface area contributed by atoms with E-state index < -0.39 is 10.9 Å². The van der Waals surface area contributed by atoms with Gasteiger partial charge in [0.25, 0.3) is 0 Å². The third-order valence-electron chi connectivity index (χ3n) is 4.33. The van der Waals surface area contributed by atoms with E-state index in [2.05, 4.69) is 10.6 Å². The molecule has 4 rings (SSSR count). The van der Waals surface area contributed by atoms with Crippen molar-refractivity contribution in [3.63, 3.8) is 0 Å². The second-order valence-electron chi connectivity index (χ2n) is 6.23. The van der Waals surface area contributed by atoms with Crippen molar-refractivity contribution in [1.29, 1.82) is 0 Å². The maximum absolute atomic E-state index is 12.8. The maximum atomic E-state index is 12.8. The molecule has 0 spiro atoms. The van der Waals surface area contributed by atoms with Crippen molar-refractivity contribution in [3.05, 3.63) is 83.2 Å². The summed E-state index contributed by atoms with van der Waals surface area (Å²) in [6.07, 6.45) is 0. The second kappa shape index (κ2) is 7.74. The van der Waals surface area contributed by atoms with E-state index in [0.29, 0.717) is 5.03 Å². The van der Waals surface area contributed by atoms with Crippen LogP contribution in [0.15, 0.2) is 87.1 Å². The number of fused-ring (bicyclic) bond motifs is 1. The van der Waals surface area contributed by atoms with Crippen molar-refractivity contribution in [2.45, 2.75) is 17.2 Å². The Bertz CT molecular complexity index is 1180. The van der Waals surface area contributed by atoms with Gasteiger partial charge in [-0.3, -0.25) is 9.32 Å². The number of carbonyl (C=O) groups excluding carboxylic acids is 1. The SMILES string of the molecule is CC(Sc1c(=O)o[nH][n+]1-c1ccccc1)C(=O)Nc1cccc2ccccc12. The summed E-state index contributed by atoms with van der Waals surface area (Å²) in [5, 5.41) is 7.37. The molecule has 1 atom stereocenters. The summed E-state index contributed by atoms with van der Waals surface area (Å²) in [5.41, 5.74) is 0.976. The Balaban J connectivity index is 1.56. The predicted molar refractivity (Wildman–Crippen MR) is 109 cm³/mol. The first-order valence-electron chi connectivity index (χ1n) is 8.78. The van der Waals surface area contributed by atoms with Gasteiger partial charge in [0.05, 0.1) is 5.25 Å². The van der Waals surface area contributed by atoms with Gasteiger partial charge in [-0.15, -0.1) is 0 Å². The van der Waals surface area contributed by atoms with Gasteiger partial charge >= 0.3 is 10.7 Å². The molecule has 28 heavy (non-hydrogen) atoms. The highest BCUT2D eigenvalue weighted by molar-refractivity contribution is 8.00. The number of hydrogen-bond donors (Lipinski definition) is 2. The third-order valence-corrected chi connectivity index (χ3v) is 5.47. The maximum Gasteiger partial charge on any atom is 0.442 e. The number of aromatic nitrogens is 2. The van der Waals surface area contributed by atoms with Crippen LogP contribution in [0, 0.1) is 0 Å². The van der Waals surface area contributed by atoms with Crippen LogP contribution in [0.1, 0.15) is 6.92 Å². The van der Waals surface area contributed by atoms with Crippen LogP contribution in [0.4, 0.5) is 5.69 Å². The molecule has 2 N–H and O–H groups in total. The smallest absolute Gasteiger partial charge is 0.325 e. The lowest BCUT2D eigenvalue weighted by Crippen LogP contribution is -2.37. The summed E-state index contributed by atoms with van der Waals surface area (Å²) in [7, 11) is 0. The molecule has 1 unspecified atom stereocenters. The van der Waals surface area contributed by atoms with Crippen molar-refractivity contribution < 1.29 is 14.0 Å². The van der Waals surface area contributed by atoms with E-state index in [1.165, 1.54) is 4.68 Å². The highest BCUT2D eigenvalue weighted by atomic mass is 32.2. The molecule has 0 saturated heterocycles. The first kappa shape index (κ1) is 18.1. The minimum atomic E-state index is -0.515. The van der Waals surface area contributed by atoms with E-state index in [-0.39, 0.29) is 5.91 Å². The lowest BCUT2D eigenvalue weighted by Gasteiger charge is -2.11. The summed E-state index contributed by atoms with van der Waals surface area (Å²) >= 11 is 1.14. The molecule has 4 aromatic rings. The zero-order valence-electron chi connectivity index (χ0n) is 15.1. The summed E-state index contributed by atoms with van der Waals surface area (Å²) < 4.78 is 6.47. The summed E-state index contributed by atoms with van der Waals surface area (Å²) in [6, 6.07) is 22.9. The number of carbonyl (C=O) groups is 1. The average Bonchev–Trinajstić information content (AvgIpc) is 3.09. The predicted octanol–water partition coefficient (Wildman–Crippen LogP) is 3.52. The van der Waals surface area contributed by atoms with Crippen LogP contribution < -0.4 is 15.6 Å². The van der Waals surface area contributed by atoms with E-state index in [4.69, 9.17) is 4.52 Å². The molecule has 0 fully saturated rings. The van der Waals surface area contributed by atoms with Gasteiger partial charge in [-0.25, -0.2) is 4.79 Å². The van der Waals surface area contributed by atoms with Gasteiger partial charge in [-0.05, 0) is 40.1 Å². The van der Waals surface area contributed by atoms with Gasteiger partial charge in [-0.1, -0.05) is 54.6 Å². The molecule has 0 aliphatic rings. The van der Waals surface area contributed by atoms with Gasteiger partial charge in [0.1, 0.15) is 0 Å². The fraction of sp³-hybridized carbons (Fsp3) is 0.0952. The summed E-state index contributed by atoms with van der Waals surface area (Å²) in [4.78, 5) is 24.9. The van der Waals surface area contributed by atoms with Gasteiger partial charge in [0, 0.05) is 23.2 Å². The molecule has 1 aromatic heterocycles. The number of rotatable bonds is 5. The fourth-order valence-electron chi connectivity index (χ4n) is 2.90. The molecule has 140 valence electrons. The number of thioether (sulfide) groups is 1. The number of benzene rings is 3. The normalized spacial score (nSPS) is 12.0. The van der Waals surface area contributed by atoms with Crippen molar-refractivity contribution in [2.24, 2.45) is 0 Å². The van der Waals surface area contributed by atoms with Crippen molar-refractivity contribution in [2.75, 3.05) is 5.32 Å². The second-order valence-corrected chi connectivity index (χ2v) is 7.56. The standard InChI is InChI=1S/C21H17N3O3S/c1-14(19(25)22-18-13-7-9-15-8-5-6-12-17(15)18)28-20-21(26)27-23-24(20)16-10-3-2-4-11-16/h2-14H,1H3,(H-,22,23,25,26)/p+1. The van der Waals surface area contributed by atoms with E-state index in [1.807, 2.05) is 72.8 Å². The Kier molecular flexibility index (Phi) is 4.99. The molecule has 0 bridgehead atoms. The van der Waals surface area contributed by atoms with Crippen LogP contribution in [0.5, 0.6) is 0 Å². The van der Waals surface area contributed by atoms with Gasteiger partial charge in [0.2, 0.25) is 11.6 Å². The zero-order valence-corrected chi connectivity index (χ0v) is 15.9. The summed E-state index contributed by atoms with van der Waals surface area (Å²) in [5.74, 6) is -0.193. The van der Waals surface area contributed by atoms with Gasteiger partial charge in [-0.2, -0.15) is 0 Å². The third kappa shape index (κ3) is 3.57. The van der Waals surface area contributed by atoms with Crippen molar-refractivity contribution in [1.82, 2.24) is 5.27 Å². The number of H-pyrrole nitrogens is 1. The lowest BCUT2D eigenvalue weighted by atomic mass is 10.1. The molecule has 3 aromatic carbocycles. The Morgan fingerprint density at radius 3 is 2.57 bits per heavy atom. The monoisotopic (exact) mass is 392 g/mol. The van der Waals surface area contributed by atoms with Crippen LogP contribution in [-0.4, -0.2) is 16.4 Å². The Labute approximate surface area is 165 Å². The topological polar surface area (TPSA) is 79.0 Å². The van der Waals surface area contributed by atoms with Crippen molar-refractivity contribution in [3.8, 4) is 5.69 Å². The number of anilines is 1. The number of hydrogen-bond acceptors (Lipinski definition) is 4. The van der Waals surface area contributed by atoms with E-state index >= 15 is 0 Å². The fourth-order valence-corrected chi connectivity index (χ4v) is 3.79. The van der Waals surface area contributed by atoms with Crippen molar-refractivity contribution >= 4 is 34.1 Å². The van der Waals surface area contributed by atoms with Crippen LogP contribution in [0.3, 0.4) is 0 Å². The lowest BCUT2D eigenvalue weighted by molar-refractivity contribution is -0.704. The Morgan fingerprint density at radius 1 is 1.04 bits per heavy atom. The zero-order chi connectivity index (χ0) is 19.5. The van der Waals surface area contributed by atoms with Gasteiger partial charge in [0.15, 0.2) is 0 Å². The molecular weight excluding hydrogens is 374 g/mol. The molecule has 1 heterocycles. The molecular formula is C21H18N3O3S+. The molecule has 1 amide bonds. The van der Waals surface area contributed by atoms with Crippen LogP contribution in [0.2, 0.25) is 0 Å². The minimum absolute atomic E-state index is 0.193. The first-order chi connectivity index (χ1) is 13.6.